The smallest absolute Gasteiger partial charge is 0.257 e. The number of rotatable bonds is 9. The van der Waals surface area contributed by atoms with E-state index in [9.17, 15) is 13.2 Å². The number of amides is 1. The molecular weight excluding hydrogens is 522 g/mol. The number of carbonyl (C=O) groups excluding carboxylic acids is 1. The van der Waals surface area contributed by atoms with Gasteiger partial charge in [-0.15, -0.1) is 0 Å². The summed E-state index contributed by atoms with van der Waals surface area (Å²) in [5.74, 6) is 1.44. The molecule has 0 radical (unpaired) electrons. The summed E-state index contributed by atoms with van der Waals surface area (Å²) in [4.78, 5) is 12.9. The van der Waals surface area contributed by atoms with Crippen LogP contribution in [0.15, 0.2) is 83.8 Å². The van der Waals surface area contributed by atoms with Gasteiger partial charge in [0.1, 0.15) is 24.7 Å². The third-order valence-electron chi connectivity index (χ3n) is 6.18. The molecule has 1 aliphatic rings. The zero-order chi connectivity index (χ0) is 27.0. The van der Waals surface area contributed by atoms with Gasteiger partial charge in [-0.05, 0) is 85.6 Å². The monoisotopic (exact) mass is 553 g/mol. The van der Waals surface area contributed by atoms with Crippen molar-refractivity contribution < 1.29 is 22.7 Å². The summed E-state index contributed by atoms with van der Waals surface area (Å²) in [5.41, 5.74) is 0.949. The van der Waals surface area contributed by atoms with Crippen molar-refractivity contribution in [3.05, 3.63) is 84.4 Å². The molecule has 0 unspecified atom stereocenters. The van der Waals surface area contributed by atoms with E-state index in [1.807, 2.05) is 30.3 Å². The normalized spacial score (nSPS) is 14.4. The molecule has 0 aromatic heterocycles. The fraction of sp³-hybridized carbons (Fsp3) is 0.286. The van der Waals surface area contributed by atoms with Crippen LogP contribution in [-0.4, -0.2) is 50.0 Å². The molecule has 4 rings (SSSR count). The summed E-state index contributed by atoms with van der Waals surface area (Å²) >= 11 is 5.28. The van der Waals surface area contributed by atoms with Gasteiger partial charge in [-0.1, -0.05) is 31.2 Å². The van der Waals surface area contributed by atoms with E-state index in [1.165, 1.54) is 4.31 Å². The molecular formula is C28H31N3O5S2. The number of nitrogens with zero attached hydrogens (tertiary/aromatic N) is 1. The highest BCUT2D eigenvalue weighted by Crippen LogP contribution is 2.24. The molecule has 8 nitrogen and oxygen atoms in total. The number of piperidine rings is 1. The van der Waals surface area contributed by atoms with Gasteiger partial charge in [-0.3, -0.25) is 10.1 Å². The number of ether oxygens (including phenoxy) is 2. The van der Waals surface area contributed by atoms with E-state index in [0.717, 1.165) is 18.6 Å². The summed E-state index contributed by atoms with van der Waals surface area (Å²) in [6, 6.07) is 22.6. The molecule has 0 saturated carbocycles. The van der Waals surface area contributed by atoms with E-state index in [-0.39, 0.29) is 10.0 Å². The molecule has 1 amide bonds. The molecule has 1 aliphatic heterocycles. The van der Waals surface area contributed by atoms with E-state index in [0.29, 0.717) is 49.2 Å². The molecule has 3 aromatic rings. The fourth-order valence-electron chi connectivity index (χ4n) is 3.99. The fourth-order valence-corrected chi connectivity index (χ4v) is 5.67. The van der Waals surface area contributed by atoms with E-state index in [4.69, 9.17) is 21.7 Å². The van der Waals surface area contributed by atoms with E-state index < -0.39 is 15.9 Å². The third-order valence-corrected chi connectivity index (χ3v) is 8.30. The second-order valence-corrected chi connectivity index (χ2v) is 11.4. The molecule has 0 aliphatic carbocycles. The number of hydrogen-bond acceptors (Lipinski definition) is 6. The van der Waals surface area contributed by atoms with Gasteiger partial charge in [-0.2, -0.15) is 4.31 Å². The summed E-state index contributed by atoms with van der Waals surface area (Å²) in [5, 5.41) is 5.65. The Morgan fingerprint density at radius 1 is 0.921 bits per heavy atom. The Balaban J connectivity index is 1.26. The molecule has 10 heteroatoms. The molecule has 2 N–H and O–H groups in total. The lowest BCUT2D eigenvalue weighted by molar-refractivity contribution is 0.0977. The highest BCUT2D eigenvalue weighted by molar-refractivity contribution is 7.89. The maximum absolute atomic E-state index is 12.9. The second kappa shape index (κ2) is 12.9. The number of nitrogens with one attached hydrogen (secondary N) is 2. The SMILES string of the molecule is CC1CCN(S(=O)(=O)c2ccc(NC(=S)NC(=O)c3cccc(OCCOc4ccccc4)c3)cc2)CC1. The average Bonchev–Trinajstić information content (AvgIpc) is 2.92. The van der Waals surface area contributed by atoms with Gasteiger partial charge in [0.15, 0.2) is 5.11 Å². The number of thiocarbonyl (C=S) groups is 1. The van der Waals surface area contributed by atoms with Crippen LogP contribution in [0.2, 0.25) is 0 Å². The van der Waals surface area contributed by atoms with Crippen molar-refractivity contribution in [3.8, 4) is 11.5 Å². The summed E-state index contributed by atoms with van der Waals surface area (Å²) < 4.78 is 38.7. The lowest BCUT2D eigenvalue weighted by Gasteiger charge is -2.29. The van der Waals surface area contributed by atoms with Crippen LogP contribution in [0.5, 0.6) is 11.5 Å². The minimum atomic E-state index is -3.53. The van der Waals surface area contributed by atoms with Gasteiger partial charge in [-0.25, -0.2) is 8.42 Å². The first kappa shape index (κ1) is 27.6. The Labute approximate surface area is 229 Å². The van der Waals surface area contributed by atoms with E-state index in [1.54, 1.807) is 48.5 Å². The Hall–Kier alpha value is -3.47. The highest BCUT2D eigenvalue weighted by atomic mass is 32.2. The number of sulfonamides is 1. The van der Waals surface area contributed by atoms with Crippen molar-refractivity contribution in [2.75, 3.05) is 31.6 Å². The summed E-state index contributed by atoms with van der Waals surface area (Å²) in [6.45, 7) is 3.90. The number of hydrogen-bond donors (Lipinski definition) is 2. The van der Waals surface area contributed by atoms with Crippen molar-refractivity contribution in [1.29, 1.82) is 0 Å². The van der Waals surface area contributed by atoms with Gasteiger partial charge >= 0.3 is 0 Å². The lowest BCUT2D eigenvalue weighted by atomic mass is 10.0. The van der Waals surface area contributed by atoms with Crippen LogP contribution in [-0.2, 0) is 10.0 Å². The predicted molar refractivity (Wildman–Crippen MR) is 151 cm³/mol. The van der Waals surface area contributed by atoms with Gasteiger partial charge in [0.25, 0.3) is 5.91 Å². The van der Waals surface area contributed by atoms with Crippen molar-refractivity contribution in [2.45, 2.75) is 24.7 Å². The third kappa shape index (κ3) is 7.53. The summed E-state index contributed by atoms with van der Waals surface area (Å²) in [7, 11) is -3.53. The van der Waals surface area contributed by atoms with Crippen LogP contribution in [0, 0.1) is 5.92 Å². The first-order valence-electron chi connectivity index (χ1n) is 12.4. The maximum Gasteiger partial charge on any atom is 0.257 e. The molecule has 0 spiro atoms. The van der Waals surface area contributed by atoms with Gasteiger partial charge < -0.3 is 14.8 Å². The van der Waals surface area contributed by atoms with E-state index in [2.05, 4.69) is 17.6 Å². The van der Waals surface area contributed by atoms with Crippen molar-refractivity contribution >= 4 is 38.9 Å². The van der Waals surface area contributed by atoms with E-state index >= 15 is 0 Å². The van der Waals surface area contributed by atoms with Crippen LogP contribution in [0.4, 0.5) is 5.69 Å². The topological polar surface area (TPSA) is 97.0 Å². The summed E-state index contributed by atoms with van der Waals surface area (Å²) in [6.07, 6.45) is 1.73. The Morgan fingerprint density at radius 3 is 2.24 bits per heavy atom. The molecule has 1 saturated heterocycles. The van der Waals surface area contributed by atoms with Crippen LogP contribution < -0.4 is 20.1 Å². The Kier molecular flexibility index (Phi) is 9.33. The van der Waals surface area contributed by atoms with Gasteiger partial charge in [0.2, 0.25) is 10.0 Å². The molecule has 1 fully saturated rings. The molecule has 0 bridgehead atoms. The zero-order valence-electron chi connectivity index (χ0n) is 21.1. The molecule has 38 heavy (non-hydrogen) atoms. The Bertz CT molecular complexity index is 1340. The van der Waals surface area contributed by atoms with Crippen LogP contribution in [0.3, 0.4) is 0 Å². The van der Waals surface area contributed by atoms with Crippen LogP contribution >= 0.6 is 12.2 Å². The lowest BCUT2D eigenvalue weighted by Crippen LogP contribution is -2.37. The molecule has 3 aromatic carbocycles. The zero-order valence-corrected chi connectivity index (χ0v) is 22.8. The van der Waals surface area contributed by atoms with Gasteiger partial charge in [0, 0.05) is 24.3 Å². The number of para-hydroxylation sites is 1. The minimum Gasteiger partial charge on any atom is -0.490 e. The number of benzene rings is 3. The van der Waals surface area contributed by atoms with Crippen molar-refractivity contribution in [2.24, 2.45) is 5.92 Å². The number of carbonyl (C=O) groups is 1. The second-order valence-electron chi connectivity index (χ2n) is 9.06. The van der Waals surface area contributed by atoms with Crippen LogP contribution in [0.1, 0.15) is 30.1 Å². The maximum atomic E-state index is 12.9. The first-order chi connectivity index (χ1) is 18.3. The van der Waals surface area contributed by atoms with Crippen molar-refractivity contribution in [3.63, 3.8) is 0 Å². The molecule has 1 heterocycles. The Morgan fingerprint density at radius 2 is 1.55 bits per heavy atom. The van der Waals surface area contributed by atoms with Crippen molar-refractivity contribution in [1.82, 2.24) is 9.62 Å². The van der Waals surface area contributed by atoms with Gasteiger partial charge in [0.05, 0.1) is 4.90 Å². The molecule has 0 atom stereocenters. The predicted octanol–water partition coefficient (Wildman–Crippen LogP) is 4.69. The quantitative estimate of drug-likeness (QED) is 0.293. The minimum absolute atomic E-state index is 0.0956. The highest BCUT2D eigenvalue weighted by Gasteiger charge is 2.27. The number of anilines is 1. The van der Waals surface area contributed by atoms with Crippen LogP contribution in [0.25, 0.3) is 0 Å². The molecule has 200 valence electrons. The first-order valence-corrected chi connectivity index (χ1v) is 14.3. The largest absolute Gasteiger partial charge is 0.490 e. The average molecular weight is 554 g/mol. The standard InChI is InChI=1S/C28H31N3O5S2/c1-21-14-16-31(17-15-21)38(33,34)26-12-10-23(11-13-26)29-28(37)30-27(32)22-6-5-9-25(20-22)36-19-18-35-24-7-3-2-4-8-24/h2-13,20-21H,14-19H2,1H3,(H2,29,30,32,37).